The summed E-state index contributed by atoms with van der Waals surface area (Å²) >= 11 is 0. The van der Waals surface area contributed by atoms with Gasteiger partial charge in [-0.15, -0.1) is 0 Å². The zero-order valence-corrected chi connectivity index (χ0v) is 12.9. The van der Waals surface area contributed by atoms with E-state index in [1.54, 1.807) is 7.11 Å². The molecule has 0 aliphatic heterocycles. The van der Waals surface area contributed by atoms with E-state index in [2.05, 4.69) is 50.4 Å². The van der Waals surface area contributed by atoms with Crippen molar-refractivity contribution in [2.24, 2.45) is 5.92 Å². The van der Waals surface area contributed by atoms with Gasteiger partial charge in [0.25, 0.3) is 0 Å². The molecule has 2 nitrogen and oxygen atoms in total. The molecule has 0 saturated heterocycles. The van der Waals surface area contributed by atoms with Gasteiger partial charge < -0.3 is 10.1 Å². The number of nitrogens with one attached hydrogen (secondary N) is 1. The topological polar surface area (TPSA) is 21.3 Å². The zero-order chi connectivity index (χ0) is 14.1. The summed E-state index contributed by atoms with van der Waals surface area (Å²) in [7, 11) is 1.71. The fourth-order valence-electron chi connectivity index (χ4n) is 2.50. The summed E-state index contributed by atoms with van der Waals surface area (Å²) in [5.41, 5.74) is 1.40. The highest BCUT2D eigenvalue weighted by Gasteiger charge is 2.15. The third-order valence-corrected chi connectivity index (χ3v) is 3.66. The van der Waals surface area contributed by atoms with Crippen molar-refractivity contribution in [2.45, 2.75) is 52.5 Å². The van der Waals surface area contributed by atoms with Crippen LogP contribution in [0, 0.1) is 5.92 Å². The van der Waals surface area contributed by atoms with Crippen LogP contribution in [-0.4, -0.2) is 19.7 Å². The lowest BCUT2D eigenvalue weighted by Gasteiger charge is -2.25. The molecular weight excluding hydrogens is 234 g/mol. The van der Waals surface area contributed by atoms with Gasteiger partial charge in [-0.2, -0.15) is 0 Å². The van der Waals surface area contributed by atoms with E-state index in [4.69, 9.17) is 4.74 Å². The first-order chi connectivity index (χ1) is 9.21. The van der Waals surface area contributed by atoms with E-state index < -0.39 is 0 Å². The lowest BCUT2D eigenvalue weighted by Crippen LogP contribution is -2.36. The number of rotatable bonds is 9. The second-order valence-corrected chi connectivity index (χ2v) is 5.38. The molecule has 19 heavy (non-hydrogen) atoms. The number of methoxy groups -OCH3 is 1. The molecule has 0 spiro atoms. The van der Waals surface area contributed by atoms with Gasteiger partial charge >= 0.3 is 0 Å². The monoisotopic (exact) mass is 263 g/mol. The third kappa shape index (κ3) is 5.65. The quantitative estimate of drug-likeness (QED) is 0.726. The predicted molar refractivity (Wildman–Crippen MR) is 82.9 cm³/mol. The van der Waals surface area contributed by atoms with Gasteiger partial charge in [-0.25, -0.2) is 0 Å². The maximum atomic E-state index is 5.20. The number of benzene rings is 1. The Morgan fingerprint density at radius 2 is 1.79 bits per heavy atom. The summed E-state index contributed by atoms with van der Waals surface area (Å²) in [6, 6.07) is 9.09. The molecule has 0 radical (unpaired) electrons. The van der Waals surface area contributed by atoms with Gasteiger partial charge in [0.15, 0.2) is 0 Å². The van der Waals surface area contributed by atoms with E-state index in [-0.39, 0.29) is 0 Å². The standard InChI is InChI=1S/C17H29NO/c1-5-7-17(18-12-6-2)14(3)13-15-8-10-16(19-4)11-9-15/h8-11,14,17-18H,5-7,12-13H2,1-4H3. The molecule has 1 aromatic carbocycles. The number of hydrogen-bond acceptors (Lipinski definition) is 2. The molecule has 2 atom stereocenters. The van der Waals surface area contributed by atoms with Crippen molar-refractivity contribution in [2.75, 3.05) is 13.7 Å². The Balaban J connectivity index is 2.55. The van der Waals surface area contributed by atoms with Gasteiger partial charge in [-0.3, -0.25) is 0 Å². The molecule has 0 heterocycles. The summed E-state index contributed by atoms with van der Waals surface area (Å²) in [5.74, 6) is 1.60. The number of ether oxygens (including phenoxy) is 1. The lowest BCUT2D eigenvalue weighted by molar-refractivity contribution is 0.352. The van der Waals surface area contributed by atoms with Gasteiger partial charge in [-0.1, -0.05) is 39.3 Å². The van der Waals surface area contributed by atoms with Crippen LogP contribution in [0.2, 0.25) is 0 Å². The van der Waals surface area contributed by atoms with E-state index in [9.17, 15) is 0 Å². The van der Waals surface area contributed by atoms with Crippen molar-refractivity contribution in [3.05, 3.63) is 29.8 Å². The molecule has 0 aliphatic rings. The fraction of sp³-hybridized carbons (Fsp3) is 0.647. The van der Waals surface area contributed by atoms with Crippen LogP contribution >= 0.6 is 0 Å². The van der Waals surface area contributed by atoms with E-state index in [1.165, 1.54) is 24.8 Å². The Morgan fingerprint density at radius 1 is 1.11 bits per heavy atom. The van der Waals surface area contributed by atoms with Crippen molar-refractivity contribution in [3.8, 4) is 5.75 Å². The molecule has 1 aromatic rings. The van der Waals surface area contributed by atoms with E-state index in [0.717, 1.165) is 18.7 Å². The molecule has 0 saturated carbocycles. The fourth-order valence-corrected chi connectivity index (χ4v) is 2.50. The second kappa shape index (κ2) is 8.98. The van der Waals surface area contributed by atoms with Gasteiger partial charge in [0, 0.05) is 6.04 Å². The first-order valence-corrected chi connectivity index (χ1v) is 7.57. The Labute approximate surface area is 118 Å². The number of hydrogen-bond donors (Lipinski definition) is 1. The molecule has 0 amide bonds. The third-order valence-electron chi connectivity index (χ3n) is 3.66. The molecule has 108 valence electrons. The minimum absolute atomic E-state index is 0.632. The molecule has 0 bridgehead atoms. The molecule has 2 unspecified atom stereocenters. The summed E-state index contributed by atoms with van der Waals surface area (Å²) in [6.45, 7) is 7.97. The average Bonchev–Trinajstić information content (AvgIpc) is 2.44. The van der Waals surface area contributed by atoms with Crippen LogP contribution in [0.15, 0.2) is 24.3 Å². The molecule has 1 rings (SSSR count). The van der Waals surface area contributed by atoms with Crippen LogP contribution in [0.4, 0.5) is 0 Å². The second-order valence-electron chi connectivity index (χ2n) is 5.38. The van der Waals surface area contributed by atoms with E-state index in [0.29, 0.717) is 12.0 Å². The van der Waals surface area contributed by atoms with E-state index in [1.807, 2.05) is 0 Å². The molecule has 0 fully saturated rings. The molecule has 0 aromatic heterocycles. The molecule has 0 aliphatic carbocycles. The highest BCUT2D eigenvalue weighted by molar-refractivity contribution is 5.27. The summed E-state index contributed by atoms with van der Waals surface area (Å²) in [5, 5.41) is 3.69. The summed E-state index contributed by atoms with van der Waals surface area (Å²) in [6.07, 6.45) is 4.84. The Bertz CT molecular complexity index is 334. The SMILES string of the molecule is CCCNC(CCC)C(C)Cc1ccc(OC)cc1. The van der Waals surface area contributed by atoms with Crippen LogP contribution in [0.25, 0.3) is 0 Å². The van der Waals surface area contributed by atoms with Crippen LogP contribution in [-0.2, 0) is 6.42 Å². The summed E-state index contributed by atoms with van der Waals surface area (Å²) < 4.78 is 5.20. The lowest BCUT2D eigenvalue weighted by atomic mass is 9.91. The van der Waals surface area contributed by atoms with Gasteiger partial charge in [0.2, 0.25) is 0 Å². The first-order valence-electron chi connectivity index (χ1n) is 7.57. The normalized spacial score (nSPS) is 14.1. The Hall–Kier alpha value is -1.02. The van der Waals surface area contributed by atoms with Gasteiger partial charge in [-0.05, 0) is 49.4 Å². The van der Waals surface area contributed by atoms with Gasteiger partial charge in [0.05, 0.1) is 7.11 Å². The average molecular weight is 263 g/mol. The van der Waals surface area contributed by atoms with Crippen molar-refractivity contribution in [3.63, 3.8) is 0 Å². The molecule has 1 N–H and O–H groups in total. The maximum absolute atomic E-state index is 5.20. The smallest absolute Gasteiger partial charge is 0.118 e. The summed E-state index contributed by atoms with van der Waals surface area (Å²) in [4.78, 5) is 0. The van der Waals surface area contributed by atoms with Crippen LogP contribution in [0.1, 0.15) is 45.6 Å². The van der Waals surface area contributed by atoms with E-state index >= 15 is 0 Å². The van der Waals surface area contributed by atoms with Crippen LogP contribution in [0.5, 0.6) is 5.75 Å². The molecule has 2 heteroatoms. The zero-order valence-electron chi connectivity index (χ0n) is 12.9. The predicted octanol–water partition coefficient (Wildman–Crippen LogP) is 4.04. The van der Waals surface area contributed by atoms with Crippen molar-refractivity contribution >= 4 is 0 Å². The highest BCUT2D eigenvalue weighted by atomic mass is 16.5. The Kier molecular flexibility index (Phi) is 7.57. The minimum Gasteiger partial charge on any atom is -0.497 e. The van der Waals surface area contributed by atoms with Crippen molar-refractivity contribution in [1.29, 1.82) is 0 Å². The maximum Gasteiger partial charge on any atom is 0.118 e. The minimum atomic E-state index is 0.632. The largest absolute Gasteiger partial charge is 0.497 e. The van der Waals surface area contributed by atoms with Crippen molar-refractivity contribution < 1.29 is 4.74 Å². The first kappa shape index (κ1) is 16.0. The van der Waals surface area contributed by atoms with Crippen molar-refractivity contribution in [1.82, 2.24) is 5.32 Å². The van der Waals surface area contributed by atoms with Crippen LogP contribution in [0.3, 0.4) is 0 Å². The van der Waals surface area contributed by atoms with Gasteiger partial charge in [0.1, 0.15) is 5.75 Å². The Morgan fingerprint density at radius 3 is 2.32 bits per heavy atom. The highest BCUT2D eigenvalue weighted by Crippen LogP contribution is 2.18. The molecular formula is C17H29NO. The van der Waals surface area contributed by atoms with Crippen LogP contribution < -0.4 is 10.1 Å².